The molecule has 0 saturated heterocycles. The second kappa shape index (κ2) is 6.86. The van der Waals surface area contributed by atoms with Gasteiger partial charge in [0.2, 0.25) is 0 Å². The molecule has 0 aliphatic rings. The van der Waals surface area contributed by atoms with Crippen molar-refractivity contribution in [3.8, 4) is 5.75 Å². The third-order valence-corrected chi connectivity index (χ3v) is 4.53. The molecule has 1 heterocycles. The fraction of sp³-hybridized carbons (Fsp3) is 0.375. The lowest BCUT2D eigenvalue weighted by atomic mass is 10.0. The first-order valence-corrected chi connectivity index (χ1v) is 7.66. The number of hydrogen-bond acceptors (Lipinski definition) is 3. The second-order valence-corrected chi connectivity index (χ2v) is 5.74. The predicted molar refractivity (Wildman–Crippen MR) is 82.2 cm³/mol. The number of hydrogen-bond donors (Lipinski definition) is 1. The van der Waals surface area contributed by atoms with Gasteiger partial charge >= 0.3 is 0 Å². The highest BCUT2D eigenvalue weighted by molar-refractivity contribution is 7.12. The second-order valence-electron chi connectivity index (χ2n) is 4.54. The molecule has 1 atom stereocenters. The fourth-order valence-electron chi connectivity index (χ4n) is 2.19. The monoisotopic (exact) mass is 293 g/mol. The zero-order valence-electron chi connectivity index (χ0n) is 12.1. The lowest BCUT2D eigenvalue weighted by Crippen LogP contribution is -2.21. The van der Waals surface area contributed by atoms with Crippen molar-refractivity contribution in [2.75, 3.05) is 13.7 Å². The zero-order chi connectivity index (χ0) is 14.5. The van der Waals surface area contributed by atoms with E-state index in [1.54, 1.807) is 23.5 Å². The summed E-state index contributed by atoms with van der Waals surface area (Å²) >= 11 is 1.78. The molecule has 1 aromatic heterocycles. The van der Waals surface area contributed by atoms with E-state index in [0.29, 0.717) is 0 Å². The van der Waals surface area contributed by atoms with Crippen LogP contribution in [0.2, 0.25) is 0 Å². The molecule has 2 aromatic rings. The summed E-state index contributed by atoms with van der Waals surface area (Å²) in [6.07, 6.45) is 1.03. The van der Waals surface area contributed by atoms with Crippen LogP contribution in [-0.2, 0) is 6.42 Å². The van der Waals surface area contributed by atoms with Gasteiger partial charge in [-0.1, -0.05) is 19.9 Å². The summed E-state index contributed by atoms with van der Waals surface area (Å²) in [7, 11) is 1.48. The van der Waals surface area contributed by atoms with Crippen molar-refractivity contribution in [3.05, 3.63) is 51.5 Å². The summed E-state index contributed by atoms with van der Waals surface area (Å²) in [5.74, 6) is -0.0374. The lowest BCUT2D eigenvalue weighted by Gasteiger charge is -2.17. The van der Waals surface area contributed by atoms with E-state index in [9.17, 15) is 4.39 Å². The summed E-state index contributed by atoms with van der Waals surface area (Å²) in [6, 6.07) is 9.45. The van der Waals surface area contributed by atoms with Gasteiger partial charge in [-0.25, -0.2) is 4.39 Å². The van der Waals surface area contributed by atoms with Gasteiger partial charge in [0, 0.05) is 9.75 Å². The molecule has 0 radical (unpaired) electrons. The molecule has 0 bridgehead atoms. The Bertz CT molecular complexity index is 567. The van der Waals surface area contributed by atoms with Crippen molar-refractivity contribution in [2.45, 2.75) is 26.3 Å². The molecular weight excluding hydrogens is 273 g/mol. The van der Waals surface area contributed by atoms with E-state index < -0.39 is 0 Å². The van der Waals surface area contributed by atoms with E-state index in [1.807, 2.05) is 6.07 Å². The summed E-state index contributed by atoms with van der Waals surface area (Å²) in [4.78, 5) is 2.56. The molecule has 108 valence electrons. The van der Waals surface area contributed by atoms with Crippen molar-refractivity contribution < 1.29 is 9.13 Å². The smallest absolute Gasteiger partial charge is 0.165 e. The van der Waals surface area contributed by atoms with Gasteiger partial charge in [-0.2, -0.15) is 0 Å². The Morgan fingerprint density at radius 3 is 2.60 bits per heavy atom. The topological polar surface area (TPSA) is 21.3 Å². The molecule has 20 heavy (non-hydrogen) atoms. The number of methoxy groups -OCH3 is 1. The number of benzene rings is 1. The average Bonchev–Trinajstić information content (AvgIpc) is 2.93. The molecule has 4 heteroatoms. The van der Waals surface area contributed by atoms with Gasteiger partial charge in [0.1, 0.15) is 0 Å². The van der Waals surface area contributed by atoms with Crippen LogP contribution in [0.15, 0.2) is 30.3 Å². The van der Waals surface area contributed by atoms with Crippen LogP contribution in [0.4, 0.5) is 4.39 Å². The molecule has 1 N–H and O–H groups in total. The number of ether oxygens (including phenoxy) is 1. The Morgan fingerprint density at radius 2 is 2.05 bits per heavy atom. The van der Waals surface area contributed by atoms with Crippen LogP contribution >= 0.6 is 11.3 Å². The molecular formula is C16H20FNOS. The van der Waals surface area contributed by atoms with E-state index >= 15 is 0 Å². The predicted octanol–water partition coefficient (Wildman–Crippen LogP) is 4.16. The zero-order valence-corrected chi connectivity index (χ0v) is 12.9. The molecule has 0 saturated carbocycles. The minimum Gasteiger partial charge on any atom is -0.494 e. The van der Waals surface area contributed by atoms with Gasteiger partial charge < -0.3 is 10.1 Å². The largest absolute Gasteiger partial charge is 0.494 e. The molecule has 2 rings (SSSR count). The highest BCUT2D eigenvalue weighted by atomic mass is 32.1. The Labute approximate surface area is 123 Å². The van der Waals surface area contributed by atoms with Crippen molar-refractivity contribution in [3.63, 3.8) is 0 Å². The van der Waals surface area contributed by atoms with E-state index in [2.05, 4.69) is 31.3 Å². The number of thiophene rings is 1. The molecule has 1 aromatic carbocycles. The van der Waals surface area contributed by atoms with Crippen molar-refractivity contribution >= 4 is 11.3 Å². The molecule has 2 nitrogen and oxygen atoms in total. The molecule has 0 aliphatic carbocycles. The van der Waals surface area contributed by atoms with Gasteiger partial charge in [0.15, 0.2) is 11.6 Å². The minimum absolute atomic E-state index is 0.0331. The van der Waals surface area contributed by atoms with Crippen molar-refractivity contribution in [2.24, 2.45) is 0 Å². The summed E-state index contributed by atoms with van der Waals surface area (Å²) in [5.41, 5.74) is 0.926. The highest BCUT2D eigenvalue weighted by Gasteiger charge is 2.17. The van der Waals surface area contributed by atoms with Crippen molar-refractivity contribution in [1.29, 1.82) is 0 Å². The minimum atomic E-state index is -0.319. The van der Waals surface area contributed by atoms with Gasteiger partial charge in [-0.05, 0) is 42.8 Å². The van der Waals surface area contributed by atoms with Crippen LogP contribution in [0.5, 0.6) is 5.75 Å². The Balaban J connectivity index is 2.34. The van der Waals surface area contributed by atoms with Gasteiger partial charge in [-0.15, -0.1) is 11.3 Å². The van der Waals surface area contributed by atoms with Crippen LogP contribution in [-0.4, -0.2) is 13.7 Å². The molecule has 0 fully saturated rings. The fourth-order valence-corrected chi connectivity index (χ4v) is 3.25. The first-order chi connectivity index (χ1) is 9.69. The van der Waals surface area contributed by atoms with Crippen LogP contribution < -0.4 is 10.1 Å². The molecule has 0 spiro atoms. The third-order valence-electron chi connectivity index (χ3n) is 3.23. The van der Waals surface area contributed by atoms with E-state index in [4.69, 9.17) is 4.74 Å². The van der Waals surface area contributed by atoms with Crippen LogP contribution in [0, 0.1) is 5.82 Å². The van der Waals surface area contributed by atoms with Crippen LogP contribution in [0.25, 0.3) is 0 Å². The quantitative estimate of drug-likeness (QED) is 0.863. The lowest BCUT2D eigenvalue weighted by molar-refractivity contribution is 0.386. The number of nitrogens with one attached hydrogen (secondary N) is 1. The SMILES string of the molecule is CCNC(c1ccc(OC)c(F)c1)c1ccc(CC)s1. The normalized spacial score (nSPS) is 12.4. The van der Waals surface area contributed by atoms with Gasteiger partial charge in [0.25, 0.3) is 0 Å². The molecule has 0 amide bonds. The Hall–Kier alpha value is -1.39. The van der Waals surface area contributed by atoms with Gasteiger partial charge in [0.05, 0.1) is 13.2 Å². The average molecular weight is 293 g/mol. The first kappa shape index (κ1) is 15.0. The summed E-state index contributed by atoms with van der Waals surface area (Å²) in [5, 5.41) is 3.42. The Morgan fingerprint density at radius 1 is 1.25 bits per heavy atom. The standard InChI is InChI=1S/C16H20FNOS/c1-4-12-7-9-15(20-12)16(18-5-2)11-6-8-14(19-3)13(17)10-11/h6-10,16,18H,4-5H2,1-3H3. The van der Waals surface area contributed by atoms with E-state index in [1.165, 1.54) is 16.9 Å². The molecule has 0 aliphatic heterocycles. The first-order valence-electron chi connectivity index (χ1n) is 6.85. The summed E-state index contributed by atoms with van der Waals surface area (Å²) < 4.78 is 18.9. The number of rotatable bonds is 6. The maximum atomic E-state index is 13.9. The number of aryl methyl sites for hydroxylation is 1. The summed E-state index contributed by atoms with van der Waals surface area (Å²) in [6.45, 7) is 5.03. The third kappa shape index (κ3) is 3.19. The number of halogens is 1. The van der Waals surface area contributed by atoms with Crippen LogP contribution in [0.1, 0.15) is 35.2 Å². The molecule has 1 unspecified atom stereocenters. The van der Waals surface area contributed by atoms with E-state index in [-0.39, 0.29) is 17.6 Å². The van der Waals surface area contributed by atoms with E-state index in [0.717, 1.165) is 18.5 Å². The van der Waals surface area contributed by atoms with Crippen molar-refractivity contribution in [1.82, 2.24) is 5.32 Å². The highest BCUT2D eigenvalue weighted by Crippen LogP contribution is 2.31. The van der Waals surface area contributed by atoms with Crippen LogP contribution in [0.3, 0.4) is 0 Å². The maximum absolute atomic E-state index is 13.9. The maximum Gasteiger partial charge on any atom is 0.165 e. The Kier molecular flexibility index (Phi) is 5.15. The van der Waals surface area contributed by atoms with Gasteiger partial charge in [-0.3, -0.25) is 0 Å².